The number of carbonyl (C=O) groups is 1. The summed E-state index contributed by atoms with van der Waals surface area (Å²) in [4.78, 5) is 12.7. The van der Waals surface area contributed by atoms with Crippen molar-refractivity contribution in [2.75, 3.05) is 19.1 Å². The molecule has 0 heterocycles. The molecule has 5 aliphatic rings. The van der Waals surface area contributed by atoms with Gasteiger partial charge in [-0.3, -0.25) is 9.00 Å². The third-order valence-corrected chi connectivity index (χ3v) is 10.4. The molecule has 0 aliphatic heterocycles. The molecule has 5 heteroatoms. The molecule has 1 spiro atoms. The Morgan fingerprint density at radius 3 is 2.52 bits per heavy atom. The highest BCUT2D eigenvalue weighted by molar-refractivity contribution is 7.84. The van der Waals surface area contributed by atoms with E-state index in [1.807, 2.05) is 0 Å². The SMILES string of the molecule is COC(=O)[C@]1(C)CCC[C@@]2(C)C3C[C@H]4CC[C@@]3(CCC21)[C@H](O)[C@H]4CS(C)=O. The van der Waals surface area contributed by atoms with E-state index in [1.54, 1.807) is 6.26 Å². The van der Waals surface area contributed by atoms with E-state index in [1.165, 1.54) is 13.5 Å². The Bertz CT molecular complexity index is 650. The van der Waals surface area contributed by atoms with Gasteiger partial charge in [-0.1, -0.05) is 13.3 Å². The second kappa shape index (κ2) is 6.55. The molecule has 154 valence electrons. The lowest BCUT2D eigenvalue weighted by Gasteiger charge is -2.70. The van der Waals surface area contributed by atoms with E-state index in [-0.39, 0.29) is 28.8 Å². The van der Waals surface area contributed by atoms with E-state index in [9.17, 15) is 14.1 Å². The van der Waals surface area contributed by atoms with Gasteiger partial charge in [0, 0.05) is 22.8 Å². The number of esters is 1. The second-order valence-electron chi connectivity index (χ2n) is 10.5. The maximum Gasteiger partial charge on any atom is 0.311 e. The molecule has 0 aromatic rings. The minimum absolute atomic E-state index is 0.0294. The quantitative estimate of drug-likeness (QED) is 0.741. The van der Waals surface area contributed by atoms with Gasteiger partial charge < -0.3 is 9.84 Å². The van der Waals surface area contributed by atoms with Gasteiger partial charge in [0.25, 0.3) is 0 Å². The van der Waals surface area contributed by atoms with E-state index < -0.39 is 16.2 Å². The maximum absolute atomic E-state index is 12.7. The second-order valence-corrected chi connectivity index (χ2v) is 12.0. The summed E-state index contributed by atoms with van der Waals surface area (Å²) >= 11 is 0. The lowest BCUT2D eigenvalue weighted by Crippen LogP contribution is -2.67. The fourth-order valence-electron chi connectivity index (χ4n) is 8.45. The van der Waals surface area contributed by atoms with Gasteiger partial charge in [0.15, 0.2) is 0 Å². The van der Waals surface area contributed by atoms with Crippen molar-refractivity contribution in [1.82, 2.24) is 0 Å². The molecule has 2 bridgehead atoms. The third-order valence-electron chi connectivity index (χ3n) is 9.56. The largest absolute Gasteiger partial charge is 0.469 e. The molecule has 5 saturated carbocycles. The van der Waals surface area contributed by atoms with Crippen molar-refractivity contribution in [2.45, 2.75) is 71.3 Å². The summed E-state index contributed by atoms with van der Waals surface area (Å²) in [5, 5.41) is 11.5. The number of carbonyl (C=O) groups excluding carboxylic acids is 1. The van der Waals surface area contributed by atoms with Crippen LogP contribution >= 0.6 is 0 Å². The van der Waals surface area contributed by atoms with Gasteiger partial charge in [-0.05, 0) is 86.4 Å². The first-order valence-corrected chi connectivity index (χ1v) is 12.5. The fraction of sp³-hybridized carbons (Fsp3) is 0.955. The number of hydrogen-bond acceptors (Lipinski definition) is 4. The smallest absolute Gasteiger partial charge is 0.311 e. The van der Waals surface area contributed by atoms with E-state index in [4.69, 9.17) is 4.74 Å². The summed E-state index contributed by atoms with van der Waals surface area (Å²) in [7, 11) is 0.659. The Hall–Kier alpha value is -0.420. The molecule has 0 aromatic heterocycles. The van der Waals surface area contributed by atoms with Crippen LogP contribution < -0.4 is 0 Å². The van der Waals surface area contributed by atoms with Crippen molar-refractivity contribution in [3.8, 4) is 0 Å². The van der Waals surface area contributed by atoms with E-state index >= 15 is 0 Å². The van der Waals surface area contributed by atoms with E-state index in [2.05, 4.69) is 13.8 Å². The summed E-state index contributed by atoms with van der Waals surface area (Å²) in [6, 6.07) is 0. The van der Waals surface area contributed by atoms with Gasteiger partial charge in [0.05, 0.1) is 18.6 Å². The minimum atomic E-state index is -0.861. The van der Waals surface area contributed by atoms with Gasteiger partial charge >= 0.3 is 5.97 Å². The Labute approximate surface area is 166 Å². The lowest BCUT2D eigenvalue weighted by atomic mass is 9.35. The summed E-state index contributed by atoms with van der Waals surface area (Å²) in [6.45, 7) is 4.53. The van der Waals surface area contributed by atoms with Gasteiger partial charge in [-0.15, -0.1) is 0 Å². The van der Waals surface area contributed by atoms with Crippen molar-refractivity contribution in [3.05, 3.63) is 0 Å². The van der Waals surface area contributed by atoms with E-state index in [0.717, 1.165) is 44.9 Å². The number of aliphatic hydroxyl groups excluding tert-OH is 1. The number of ether oxygens (including phenoxy) is 1. The van der Waals surface area contributed by atoms with Gasteiger partial charge in [-0.2, -0.15) is 0 Å². The molecule has 5 rings (SSSR count). The van der Waals surface area contributed by atoms with Crippen LogP contribution in [0.25, 0.3) is 0 Å². The number of hydrogen-bond donors (Lipinski definition) is 1. The van der Waals surface area contributed by atoms with Crippen molar-refractivity contribution in [3.63, 3.8) is 0 Å². The molecule has 1 N–H and O–H groups in total. The van der Waals surface area contributed by atoms with E-state index in [0.29, 0.717) is 23.5 Å². The minimum Gasteiger partial charge on any atom is -0.469 e. The first kappa shape index (κ1) is 19.9. The van der Waals surface area contributed by atoms with Crippen molar-refractivity contribution >= 4 is 16.8 Å². The Morgan fingerprint density at radius 1 is 1.15 bits per heavy atom. The van der Waals surface area contributed by atoms with Gasteiger partial charge in [0.1, 0.15) is 0 Å². The summed E-state index contributed by atoms with van der Waals surface area (Å²) in [6.07, 6.45) is 10.0. The highest BCUT2D eigenvalue weighted by Crippen LogP contribution is 2.72. The van der Waals surface area contributed by atoms with Crippen LogP contribution in [-0.4, -0.2) is 40.5 Å². The predicted molar refractivity (Wildman–Crippen MR) is 106 cm³/mol. The summed E-state index contributed by atoms with van der Waals surface area (Å²) in [5.41, 5.74) is -0.330. The molecule has 27 heavy (non-hydrogen) atoms. The summed E-state index contributed by atoms with van der Waals surface area (Å²) in [5.74, 6) is 2.08. The Morgan fingerprint density at radius 2 is 1.85 bits per heavy atom. The van der Waals surface area contributed by atoms with Gasteiger partial charge in [-0.25, -0.2) is 0 Å². The van der Waals surface area contributed by atoms with Crippen LogP contribution in [0.2, 0.25) is 0 Å². The molecule has 0 amide bonds. The monoisotopic (exact) mass is 396 g/mol. The van der Waals surface area contributed by atoms with Gasteiger partial charge in [0.2, 0.25) is 0 Å². The number of methoxy groups -OCH3 is 1. The zero-order valence-electron chi connectivity index (χ0n) is 17.3. The van der Waals surface area contributed by atoms with Crippen molar-refractivity contribution in [1.29, 1.82) is 0 Å². The normalized spacial score (nSPS) is 52.6. The standard InChI is InChI=1S/C22H36O4S/c1-20-8-5-9-21(2,19(24)26-3)16(20)7-11-22-10-6-14(12-17(20)22)15(18(22)23)13-27(4)25/h14-18,23H,5-13H2,1-4H3/t14-,15+,16?,17?,18-,20-,21-,22+,27?/m1/s1. The molecule has 5 fully saturated rings. The van der Waals surface area contributed by atoms with Crippen LogP contribution in [0.4, 0.5) is 0 Å². The van der Waals surface area contributed by atoms with Crippen LogP contribution in [0.3, 0.4) is 0 Å². The van der Waals surface area contributed by atoms with Crippen LogP contribution in [0.5, 0.6) is 0 Å². The van der Waals surface area contributed by atoms with Crippen LogP contribution in [0, 0.1) is 39.9 Å². The summed E-state index contributed by atoms with van der Waals surface area (Å²) < 4.78 is 17.2. The molecule has 5 aliphatic carbocycles. The van der Waals surface area contributed by atoms with Crippen LogP contribution in [0.15, 0.2) is 0 Å². The molecule has 0 saturated heterocycles. The van der Waals surface area contributed by atoms with Crippen LogP contribution in [0.1, 0.15) is 65.2 Å². The first-order chi connectivity index (χ1) is 12.7. The average molecular weight is 397 g/mol. The third kappa shape index (κ3) is 2.63. The molecular weight excluding hydrogens is 360 g/mol. The maximum atomic E-state index is 12.7. The Balaban J connectivity index is 1.70. The fourth-order valence-corrected chi connectivity index (χ4v) is 9.45. The molecule has 0 aromatic carbocycles. The average Bonchev–Trinajstić information content (AvgIpc) is 2.63. The number of aliphatic hydroxyl groups is 1. The topological polar surface area (TPSA) is 63.6 Å². The van der Waals surface area contributed by atoms with Crippen molar-refractivity contribution in [2.24, 2.45) is 39.9 Å². The first-order valence-electron chi connectivity index (χ1n) is 10.8. The highest BCUT2D eigenvalue weighted by atomic mass is 32.2. The molecule has 3 unspecified atom stereocenters. The predicted octanol–water partition coefficient (Wildman–Crippen LogP) is 3.54. The molecule has 0 radical (unpaired) electrons. The van der Waals surface area contributed by atoms with Crippen LogP contribution in [-0.2, 0) is 20.3 Å². The molecule has 9 atom stereocenters. The zero-order valence-corrected chi connectivity index (χ0v) is 18.1. The van der Waals surface area contributed by atoms with Crippen molar-refractivity contribution < 1.29 is 18.8 Å². The molecular formula is C22H36O4S. The molecule has 4 nitrogen and oxygen atoms in total. The zero-order chi connectivity index (χ0) is 19.6. The highest BCUT2D eigenvalue weighted by Gasteiger charge is 2.68. The Kier molecular flexibility index (Phi) is 4.82. The number of rotatable bonds is 3. The number of fused-ring (bicyclic) bond motifs is 3. The lowest BCUT2D eigenvalue weighted by molar-refractivity contribution is -0.242.